The zero-order chi connectivity index (χ0) is 24.3. The molecule has 0 aliphatic carbocycles. The third kappa shape index (κ3) is 4.54. The van der Waals surface area contributed by atoms with Crippen molar-refractivity contribution in [1.29, 1.82) is 0 Å². The topological polar surface area (TPSA) is 82.8 Å². The van der Waals surface area contributed by atoms with Crippen LogP contribution in [0.1, 0.15) is 30.3 Å². The second-order valence-corrected chi connectivity index (χ2v) is 8.08. The molecule has 2 unspecified atom stereocenters. The van der Waals surface area contributed by atoms with Crippen LogP contribution in [0.4, 0.5) is 18.9 Å². The summed E-state index contributed by atoms with van der Waals surface area (Å²) in [6, 6.07) is 18.7. The molecule has 3 aromatic rings. The third-order valence-corrected chi connectivity index (χ3v) is 5.81. The fourth-order valence-electron chi connectivity index (χ4n) is 4.00. The SMILES string of the molecule is Cn1ccnc1C(O)(CCNC(=O)C1=NN(c2ccccc2)C(c2ccccc2)C1)C(F)(F)F. The summed E-state index contributed by atoms with van der Waals surface area (Å²) in [5, 5.41) is 19.2. The zero-order valence-corrected chi connectivity index (χ0v) is 18.4. The van der Waals surface area contributed by atoms with Gasteiger partial charge >= 0.3 is 6.18 Å². The van der Waals surface area contributed by atoms with Crippen molar-refractivity contribution >= 4 is 17.3 Å². The average molecular weight is 471 g/mol. The number of carbonyl (C=O) groups excluding carboxylic acids is 1. The third-order valence-electron chi connectivity index (χ3n) is 5.81. The molecule has 0 fully saturated rings. The Morgan fingerprint density at radius 3 is 2.35 bits per heavy atom. The second kappa shape index (κ2) is 9.30. The number of hydrazone groups is 1. The molecular weight excluding hydrogens is 447 g/mol. The van der Waals surface area contributed by atoms with E-state index < -0.39 is 36.5 Å². The average Bonchev–Trinajstić information content (AvgIpc) is 3.46. The van der Waals surface area contributed by atoms with Gasteiger partial charge in [0.05, 0.1) is 11.7 Å². The minimum Gasteiger partial charge on any atom is -0.374 e. The first-order chi connectivity index (χ1) is 16.2. The molecule has 34 heavy (non-hydrogen) atoms. The van der Waals surface area contributed by atoms with Crippen LogP contribution in [0.2, 0.25) is 0 Å². The highest BCUT2D eigenvalue weighted by atomic mass is 19.4. The maximum Gasteiger partial charge on any atom is 0.424 e. The van der Waals surface area contributed by atoms with Crippen molar-refractivity contribution in [3.05, 3.63) is 84.4 Å². The predicted molar refractivity (Wildman–Crippen MR) is 121 cm³/mol. The number of halogens is 3. The van der Waals surface area contributed by atoms with Gasteiger partial charge < -0.3 is 15.0 Å². The van der Waals surface area contributed by atoms with Crippen LogP contribution in [-0.2, 0) is 17.4 Å². The molecule has 10 heteroatoms. The number of aromatic nitrogens is 2. The summed E-state index contributed by atoms with van der Waals surface area (Å²) in [5.41, 5.74) is -1.25. The molecule has 2 aromatic carbocycles. The number of benzene rings is 2. The van der Waals surface area contributed by atoms with Crippen LogP contribution in [0.3, 0.4) is 0 Å². The van der Waals surface area contributed by atoms with E-state index in [2.05, 4.69) is 15.4 Å². The van der Waals surface area contributed by atoms with Crippen LogP contribution in [0.25, 0.3) is 0 Å². The lowest BCUT2D eigenvalue weighted by atomic mass is 9.97. The normalized spacial score (nSPS) is 17.9. The summed E-state index contributed by atoms with van der Waals surface area (Å²) in [6.45, 7) is -0.415. The highest BCUT2D eigenvalue weighted by Crippen LogP contribution is 2.40. The van der Waals surface area contributed by atoms with Crippen molar-refractivity contribution in [2.75, 3.05) is 11.6 Å². The largest absolute Gasteiger partial charge is 0.424 e. The number of para-hydroxylation sites is 1. The quantitative estimate of drug-likeness (QED) is 0.551. The first kappa shape index (κ1) is 23.5. The van der Waals surface area contributed by atoms with Crippen LogP contribution in [-0.4, -0.2) is 39.0 Å². The van der Waals surface area contributed by atoms with Gasteiger partial charge in [-0.05, 0) is 17.7 Å². The monoisotopic (exact) mass is 471 g/mol. The molecular formula is C24H24F3N5O2. The van der Waals surface area contributed by atoms with Gasteiger partial charge in [0.25, 0.3) is 5.91 Å². The lowest BCUT2D eigenvalue weighted by Gasteiger charge is -2.29. The fourth-order valence-corrected chi connectivity index (χ4v) is 4.00. The van der Waals surface area contributed by atoms with Gasteiger partial charge in [0.2, 0.25) is 5.60 Å². The van der Waals surface area contributed by atoms with Crippen molar-refractivity contribution in [3.63, 3.8) is 0 Å². The Morgan fingerprint density at radius 2 is 1.76 bits per heavy atom. The number of aliphatic hydroxyl groups is 1. The minimum absolute atomic E-state index is 0.199. The molecule has 1 aromatic heterocycles. The number of rotatable bonds is 7. The smallest absolute Gasteiger partial charge is 0.374 e. The number of alkyl halides is 3. The van der Waals surface area contributed by atoms with Gasteiger partial charge in [-0.15, -0.1) is 0 Å². The number of nitrogens with one attached hydrogen (secondary N) is 1. The Morgan fingerprint density at radius 1 is 1.12 bits per heavy atom. The molecule has 2 N–H and O–H groups in total. The van der Waals surface area contributed by atoms with Crippen LogP contribution in [0.15, 0.2) is 78.2 Å². The molecule has 0 bridgehead atoms. The molecule has 0 radical (unpaired) electrons. The van der Waals surface area contributed by atoms with Gasteiger partial charge in [0.1, 0.15) is 11.5 Å². The summed E-state index contributed by atoms with van der Waals surface area (Å²) < 4.78 is 42.2. The van der Waals surface area contributed by atoms with E-state index in [-0.39, 0.29) is 18.2 Å². The standard InChI is InChI=1S/C24H24F3N5O2/c1-31-15-14-29-22(31)23(34,24(25,26)27)12-13-28-21(33)19-16-20(17-8-4-2-5-9-17)32(30-19)18-10-6-3-7-11-18/h2-11,14-15,20,34H,12-13,16H2,1H3,(H,28,33). The molecule has 0 saturated carbocycles. The van der Waals surface area contributed by atoms with E-state index in [1.807, 2.05) is 60.7 Å². The van der Waals surface area contributed by atoms with Gasteiger partial charge in [-0.25, -0.2) is 4.98 Å². The molecule has 1 amide bonds. The molecule has 4 rings (SSSR count). The van der Waals surface area contributed by atoms with Crippen LogP contribution in [0.5, 0.6) is 0 Å². The molecule has 1 aliphatic rings. The van der Waals surface area contributed by atoms with Crippen molar-refractivity contribution in [2.45, 2.75) is 30.7 Å². The maximum absolute atomic E-state index is 13.7. The van der Waals surface area contributed by atoms with Crippen molar-refractivity contribution in [1.82, 2.24) is 14.9 Å². The van der Waals surface area contributed by atoms with Crippen molar-refractivity contribution in [2.24, 2.45) is 12.1 Å². The van der Waals surface area contributed by atoms with Gasteiger partial charge in [-0.3, -0.25) is 9.80 Å². The van der Waals surface area contributed by atoms with E-state index in [1.54, 1.807) is 5.01 Å². The Kier molecular flexibility index (Phi) is 6.43. The van der Waals surface area contributed by atoms with E-state index in [0.717, 1.165) is 15.8 Å². The van der Waals surface area contributed by atoms with Crippen molar-refractivity contribution in [3.8, 4) is 0 Å². The summed E-state index contributed by atoms with van der Waals surface area (Å²) in [6.07, 6.45) is -2.97. The summed E-state index contributed by atoms with van der Waals surface area (Å²) >= 11 is 0. The Bertz CT molecular complexity index is 1160. The van der Waals surface area contributed by atoms with E-state index in [9.17, 15) is 23.1 Å². The Balaban J connectivity index is 1.50. The number of hydrogen-bond acceptors (Lipinski definition) is 5. The van der Waals surface area contributed by atoms with E-state index in [4.69, 9.17) is 0 Å². The molecule has 178 valence electrons. The van der Waals surface area contributed by atoms with E-state index in [0.29, 0.717) is 0 Å². The molecule has 2 heterocycles. The highest BCUT2D eigenvalue weighted by molar-refractivity contribution is 6.39. The number of anilines is 1. The fraction of sp³-hybridized carbons (Fsp3) is 0.292. The highest BCUT2D eigenvalue weighted by Gasteiger charge is 2.57. The van der Waals surface area contributed by atoms with Crippen LogP contribution in [0, 0.1) is 0 Å². The predicted octanol–water partition coefficient (Wildman–Crippen LogP) is 3.68. The van der Waals surface area contributed by atoms with E-state index in [1.165, 1.54) is 19.4 Å². The lowest BCUT2D eigenvalue weighted by Crippen LogP contribution is -2.47. The summed E-state index contributed by atoms with van der Waals surface area (Å²) in [4.78, 5) is 16.5. The number of amides is 1. The Hall–Kier alpha value is -3.66. The number of hydrogen-bond donors (Lipinski definition) is 2. The van der Waals surface area contributed by atoms with Gasteiger partial charge in [-0.1, -0.05) is 48.5 Å². The van der Waals surface area contributed by atoms with Gasteiger partial charge in [0.15, 0.2) is 0 Å². The number of carbonyl (C=O) groups is 1. The van der Waals surface area contributed by atoms with Gasteiger partial charge in [0, 0.05) is 38.8 Å². The lowest BCUT2D eigenvalue weighted by molar-refractivity contribution is -0.272. The molecule has 2 atom stereocenters. The van der Waals surface area contributed by atoms with Gasteiger partial charge in [-0.2, -0.15) is 18.3 Å². The minimum atomic E-state index is -4.97. The van der Waals surface area contributed by atoms with Crippen LogP contribution >= 0.6 is 0 Å². The molecule has 1 aliphatic heterocycles. The Labute approximate surface area is 194 Å². The van der Waals surface area contributed by atoms with Crippen LogP contribution < -0.4 is 10.3 Å². The summed E-state index contributed by atoms with van der Waals surface area (Å²) in [7, 11) is 1.37. The molecule has 0 spiro atoms. The van der Waals surface area contributed by atoms with Crippen molar-refractivity contribution < 1.29 is 23.1 Å². The zero-order valence-electron chi connectivity index (χ0n) is 18.4. The molecule has 0 saturated heterocycles. The molecule has 7 nitrogen and oxygen atoms in total. The number of nitrogens with zero attached hydrogens (tertiary/aromatic N) is 4. The maximum atomic E-state index is 13.7. The number of aryl methyl sites for hydroxylation is 1. The van der Waals surface area contributed by atoms with E-state index >= 15 is 0 Å². The second-order valence-electron chi connectivity index (χ2n) is 8.08. The first-order valence-corrected chi connectivity index (χ1v) is 10.7. The summed E-state index contributed by atoms with van der Waals surface area (Å²) in [5.74, 6) is -1.12. The first-order valence-electron chi connectivity index (χ1n) is 10.7. The number of imidazole rings is 1.